The summed E-state index contributed by atoms with van der Waals surface area (Å²) in [4.78, 5) is 45.0. The van der Waals surface area contributed by atoms with Gasteiger partial charge in [-0.3, -0.25) is 24.5 Å². The molecular weight excluding hydrogens is 270 g/mol. The Bertz CT molecular complexity index is 641. The van der Waals surface area contributed by atoms with Crippen molar-refractivity contribution in [3.8, 4) is 0 Å². The van der Waals surface area contributed by atoms with Crippen LogP contribution in [0, 0.1) is 10.1 Å². The van der Waals surface area contributed by atoms with Crippen LogP contribution >= 0.6 is 0 Å². The molecule has 1 atom stereocenters. The highest BCUT2D eigenvalue weighted by Crippen LogP contribution is 2.31. The molecular formula is C11H9N3O6. The van der Waals surface area contributed by atoms with Crippen molar-refractivity contribution in [1.82, 2.24) is 0 Å². The second kappa shape index (κ2) is 4.70. The normalized spacial score (nSPS) is 15.2. The number of carbonyl (C=O) groups is 3. The number of amides is 1. The zero-order valence-electron chi connectivity index (χ0n) is 9.98. The molecule has 1 aliphatic rings. The summed E-state index contributed by atoms with van der Waals surface area (Å²) >= 11 is 0. The fourth-order valence-corrected chi connectivity index (χ4v) is 1.86. The first-order valence-electron chi connectivity index (χ1n) is 5.46. The number of rotatable bonds is 4. The van der Waals surface area contributed by atoms with Gasteiger partial charge in [-0.05, 0) is 6.07 Å². The van der Waals surface area contributed by atoms with Gasteiger partial charge in [-0.15, -0.1) is 0 Å². The Morgan fingerprint density at radius 2 is 2.10 bits per heavy atom. The van der Waals surface area contributed by atoms with Crippen LogP contribution in [-0.4, -0.2) is 40.3 Å². The molecule has 0 saturated carbocycles. The maximum atomic E-state index is 11.8. The van der Waals surface area contributed by atoms with E-state index in [-0.39, 0.29) is 23.5 Å². The number of non-ortho nitro benzene ring substituents is 1. The Morgan fingerprint density at radius 3 is 2.65 bits per heavy atom. The number of nitro groups is 1. The summed E-state index contributed by atoms with van der Waals surface area (Å²) in [5.74, 6) is -3.18. The molecule has 2 rings (SSSR count). The van der Waals surface area contributed by atoms with E-state index in [2.05, 4.69) is 0 Å². The van der Waals surface area contributed by atoms with Crippen molar-refractivity contribution in [3.05, 3.63) is 33.9 Å². The second-order valence-corrected chi connectivity index (χ2v) is 4.15. The predicted molar refractivity (Wildman–Crippen MR) is 65.4 cm³/mol. The number of fused-ring (bicyclic) bond motifs is 1. The number of hydrogen-bond acceptors (Lipinski definition) is 6. The number of carboxylic acids is 1. The number of benzene rings is 1. The summed E-state index contributed by atoms with van der Waals surface area (Å²) in [6, 6.07) is 1.99. The predicted octanol–water partition coefficient (Wildman–Crippen LogP) is -0.464. The Morgan fingerprint density at radius 1 is 1.45 bits per heavy atom. The lowest BCUT2D eigenvalue weighted by Crippen LogP contribution is -2.44. The highest BCUT2D eigenvalue weighted by molar-refractivity contribution is 6.52. The van der Waals surface area contributed by atoms with Crippen LogP contribution in [0.1, 0.15) is 10.4 Å². The van der Waals surface area contributed by atoms with Gasteiger partial charge in [-0.25, -0.2) is 0 Å². The Labute approximate surface area is 111 Å². The van der Waals surface area contributed by atoms with Gasteiger partial charge in [0.15, 0.2) is 0 Å². The van der Waals surface area contributed by atoms with E-state index in [1.54, 1.807) is 0 Å². The summed E-state index contributed by atoms with van der Waals surface area (Å²) in [7, 11) is 0. The van der Waals surface area contributed by atoms with E-state index < -0.39 is 28.6 Å². The molecule has 0 aliphatic carbocycles. The summed E-state index contributed by atoms with van der Waals surface area (Å²) in [6.45, 7) is -0.384. The summed E-state index contributed by atoms with van der Waals surface area (Å²) in [6.07, 6.45) is 0. The third-order valence-electron chi connectivity index (χ3n) is 2.86. The number of carboxylic acid groups (broad SMARTS) is 1. The first kappa shape index (κ1) is 13.6. The molecule has 0 radical (unpaired) electrons. The van der Waals surface area contributed by atoms with Crippen molar-refractivity contribution in [1.29, 1.82) is 0 Å². The average molecular weight is 279 g/mol. The minimum Gasteiger partial charge on any atom is -0.480 e. The number of ketones is 1. The Balaban J connectivity index is 2.41. The number of Topliss-reactive ketones (excluding diaryl/α,β-unsaturated/α-hetero) is 1. The van der Waals surface area contributed by atoms with E-state index in [1.807, 2.05) is 0 Å². The number of nitrogens with two attached hydrogens (primary N) is 1. The monoisotopic (exact) mass is 279 g/mol. The molecule has 0 fully saturated rings. The maximum absolute atomic E-state index is 11.8. The molecule has 0 saturated heterocycles. The van der Waals surface area contributed by atoms with E-state index in [0.29, 0.717) is 0 Å². The topological polar surface area (TPSA) is 144 Å². The number of carbonyl (C=O) groups excluding carboxylic acids is 2. The van der Waals surface area contributed by atoms with Crippen molar-refractivity contribution in [2.24, 2.45) is 5.73 Å². The first-order chi connectivity index (χ1) is 9.32. The van der Waals surface area contributed by atoms with Crippen molar-refractivity contribution < 1.29 is 24.4 Å². The van der Waals surface area contributed by atoms with Gasteiger partial charge in [0.1, 0.15) is 6.04 Å². The van der Waals surface area contributed by atoms with Crippen molar-refractivity contribution >= 4 is 29.0 Å². The zero-order valence-corrected chi connectivity index (χ0v) is 9.98. The molecule has 1 aromatic carbocycles. The quantitative estimate of drug-likeness (QED) is 0.430. The van der Waals surface area contributed by atoms with E-state index >= 15 is 0 Å². The maximum Gasteiger partial charge on any atom is 0.322 e. The molecule has 0 aromatic heterocycles. The number of nitro benzene ring substituents is 1. The number of nitrogens with zero attached hydrogens (tertiary/aromatic N) is 2. The number of hydrogen-bond donors (Lipinski definition) is 2. The van der Waals surface area contributed by atoms with Gasteiger partial charge in [0.25, 0.3) is 17.4 Å². The van der Waals surface area contributed by atoms with Crippen molar-refractivity contribution in [2.45, 2.75) is 6.04 Å². The smallest absolute Gasteiger partial charge is 0.322 e. The summed E-state index contributed by atoms with van der Waals surface area (Å²) in [5.41, 5.74) is 5.01. The molecule has 1 aromatic rings. The van der Waals surface area contributed by atoms with Crippen LogP contribution in [0.5, 0.6) is 0 Å². The molecule has 3 N–H and O–H groups in total. The highest BCUT2D eigenvalue weighted by Gasteiger charge is 2.38. The SMILES string of the molecule is NC(CN1C(=O)C(=O)c2cc([N+](=O)[O-])ccc21)C(=O)O. The van der Waals surface area contributed by atoms with E-state index in [1.165, 1.54) is 6.07 Å². The summed E-state index contributed by atoms with van der Waals surface area (Å²) < 4.78 is 0. The molecule has 1 aliphatic heterocycles. The lowest BCUT2D eigenvalue weighted by atomic mass is 10.1. The van der Waals surface area contributed by atoms with Crippen LogP contribution in [0.15, 0.2) is 18.2 Å². The third-order valence-corrected chi connectivity index (χ3v) is 2.86. The minimum absolute atomic E-state index is 0.123. The van der Waals surface area contributed by atoms with E-state index in [4.69, 9.17) is 10.8 Å². The standard InChI is InChI=1S/C11H9N3O6/c12-7(11(17)18)4-13-8-2-1-5(14(19)20)3-6(8)9(15)10(13)16/h1-3,7H,4,12H2,(H,17,18). The van der Waals surface area contributed by atoms with Crippen LogP contribution in [0.2, 0.25) is 0 Å². The van der Waals surface area contributed by atoms with E-state index in [9.17, 15) is 24.5 Å². The summed E-state index contributed by atoms with van der Waals surface area (Å²) in [5, 5.41) is 19.4. The molecule has 1 heterocycles. The Hall–Kier alpha value is -2.81. The van der Waals surface area contributed by atoms with Crippen LogP contribution in [0.4, 0.5) is 11.4 Å². The molecule has 9 heteroatoms. The highest BCUT2D eigenvalue weighted by atomic mass is 16.6. The van der Waals surface area contributed by atoms with Gasteiger partial charge in [-0.1, -0.05) is 0 Å². The van der Waals surface area contributed by atoms with Crippen LogP contribution in [0.3, 0.4) is 0 Å². The van der Waals surface area contributed by atoms with Gasteiger partial charge >= 0.3 is 5.97 Å². The van der Waals surface area contributed by atoms with Gasteiger partial charge in [0.2, 0.25) is 0 Å². The average Bonchev–Trinajstić information content (AvgIpc) is 2.63. The van der Waals surface area contributed by atoms with Gasteiger partial charge in [0.05, 0.1) is 22.7 Å². The van der Waals surface area contributed by atoms with E-state index in [0.717, 1.165) is 17.0 Å². The second-order valence-electron chi connectivity index (χ2n) is 4.15. The number of aliphatic carboxylic acids is 1. The molecule has 104 valence electrons. The lowest BCUT2D eigenvalue weighted by Gasteiger charge is -2.18. The fourth-order valence-electron chi connectivity index (χ4n) is 1.86. The van der Waals surface area contributed by atoms with Crippen molar-refractivity contribution in [2.75, 3.05) is 11.4 Å². The fraction of sp³-hybridized carbons (Fsp3) is 0.182. The van der Waals surface area contributed by atoms with Gasteiger partial charge in [0, 0.05) is 12.1 Å². The van der Waals surface area contributed by atoms with Crippen molar-refractivity contribution in [3.63, 3.8) is 0 Å². The van der Waals surface area contributed by atoms with Gasteiger partial charge in [-0.2, -0.15) is 0 Å². The van der Waals surface area contributed by atoms with Crippen LogP contribution < -0.4 is 10.6 Å². The van der Waals surface area contributed by atoms with Crippen LogP contribution in [0.25, 0.3) is 0 Å². The Kier molecular flexibility index (Phi) is 3.20. The largest absolute Gasteiger partial charge is 0.480 e. The zero-order chi connectivity index (χ0) is 15.0. The van der Waals surface area contributed by atoms with Crippen LogP contribution in [-0.2, 0) is 9.59 Å². The first-order valence-corrected chi connectivity index (χ1v) is 5.46. The molecule has 9 nitrogen and oxygen atoms in total. The molecule has 1 unspecified atom stereocenters. The van der Waals surface area contributed by atoms with Gasteiger partial charge < -0.3 is 15.7 Å². The number of anilines is 1. The third kappa shape index (κ3) is 2.10. The molecule has 0 spiro atoms. The molecule has 1 amide bonds. The molecule has 0 bridgehead atoms. The lowest BCUT2D eigenvalue weighted by molar-refractivity contribution is -0.384. The molecule has 20 heavy (non-hydrogen) atoms. The minimum atomic E-state index is -1.35.